The highest BCUT2D eigenvalue weighted by Gasteiger charge is 2.17. The van der Waals surface area contributed by atoms with Gasteiger partial charge in [-0.3, -0.25) is 9.78 Å². The molecule has 0 aliphatic heterocycles. The van der Waals surface area contributed by atoms with Crippen molar-refractivity contribution in [2.45, 2.75) is 33.6 Å². The summed E-state index contributed by atoms with van der Waals surface area (Å²) in [6.07, 6.45) is 2.76. The van der Waals surface area contributed by atoms with Crippen LogP contribution in [0, 0.1) is 5.41 Å². The van der Waals surface area contributed by atoms with Crippen molar-refractivity contribution in [1.82, 2.24) is 9.97 Å². The van der Waals surface area contributed by atoms with Gasteiger partial charge in [0.2, 0.25) is 0 Å². The summed E-state index contributed by atoms with van der Waals surface area (Å²) in [4.78, 5) is 20.7. The van der Waals surface area contributed by atoms with E-state index in [1.165, 1.54) is 11.3 Å². The summed E-state index contributed by atoms with van der Waals surface area (Å²) in [5, 5.41) is 2.83. The second-order valence-corrected chi connectivity index (χ2v) is 6.74. The molecule has 2 aromatic heterocycles. The highest BCUT2D eigenvalue weighted by Crippen LogP contribution is 2.23. The van der Waals surface area contributed by atoms with E-state index in [1.54, 1.807) is 6.20 Å². The molecule has 0 aromatic carbocycles. The fraction of sp³-hybridized carbons (Fsp3) is 0.400. The summed E-state index contributed by atoms with van der Waals surface area (Å²) in [5.74, 6) is 0.245. The van der Waals surface area contributed by atoms with Gasteiger partial charge in [0, 0.05) is 18.0 Å². The largest absolute Gasteiger partial charge is 0.299 e. The number of hydrogen-bond acceptors (Lipinski definition) is 4. The van der Waals surface area contributed by atoms with E-state index in [0.29, 0.717) is 12.8 Å². The molecule has 0 radical (unpaired) electrons. The van der Waals surface area contributed by atoms with Crippen LogP contribution in [0.15, 0.2) is 29.8 Å². The maximum absolute atomic E-state index is 11.9. The Hall–Kier alpha value is -1.55. The molecular weight excluding hydrogens is 256 g/mol. The lowest BCUT2D eigenvalue weighted by molar-refractivity contribution is -0.120. The number of rotatable bonds is 4. The Bertz CT molecular complexity index is 555. The topological polar surface area (TPSA) is 42.9 Å². The van der Waals surface area contributed by atoms with Crippen molar-refractivity contribution in [3.8, 4) is 11.4 Å². The molecule has 0 spiro atoms. The molecule has 4 heteroatoms. The number of ketones is 1. The predicted molar refractivity (Wildman–Crippen MR) is 78.1 cm³/mol. The van der Waals surface area contributed by atoms with E-state index in [1.807, 2.05) is 23.6 Å². The molecule has 0 amide bonds. The zero-order valence-electron chi connectivity index (χ0n) is 11.5. The van der Waals surface area contributed by atoms with Crippen molar-refractivity contribution < 1.29 is 4.79 Å². The van der Waals surface area contributed by atoms with Crippen molar-refractivity contribution in [2.75, 3.05) is 0 Å². The average molecular weight is 274 g/mol. The number of carbonyl (C=O) groups is 1. The van der Waals surface area contributed by atoms with E-state index in [0.717, 1.165) is 16.4 Å². The van der Waals surface area contributed by atoms with E-state index < -0.39 is 0 Å². The fourth-order valence-electron chi connectivity index (χ4n) is 1.85. The van der Waals surface area contributed by atoms with Gasteiger partial charge in [-0.25, -0.2) is 4.98 Å². The van der Waals surface area contributed by atoms with E-state index in [9.17, 15) is 4.79 Å². The number of nitrogens with zero attached hydrogens (tertiary/aromatic N) is 2. The van der Waals surface area contributed by atoms with E-state index in [4.69, 9.17) is 0 Å². The van der Waals surface area contributed by atoms with Crippen molar-refractivity contribution in [1.29, 1.82) is 0 Å². The number of aromatic nitrogens is 2. The molecule has 0 saturated carbocycles. The first-order valence-corrected chi connectivity index (χ1v) is 7.19. The Labute approximate surface area is 117 Å². The SMILES string of the molecule is CC(C)(C)CC(=O)Cc1nc(-c2ccccn2)cs1. The number of hydrogen-bond donors (Lipinski definition) is 0. The third kappa shape index (κ3) is 4.24. The van der Waals surface area contributed by atoms with Gasteiger partial charge in [0.15, 0.2) is 0 Å². The summed E-state index contributed by atoms with van der Waals surface area (Å²) >= 11 is 1.53. The van der Waals surface area contributed by atoms with Gasteiger partial charge in [-0.2, -0.15) is 0 Å². The second-order valence-electron chi connectivity index (χ2n) is 5.79. The van der Waals surface area contributed by atoms with Crippen LogP contribution in [0.1, 0.15) is 32.2 Å². The van der Waals surface area contributed by atoms with E-state index in [-0.39, 0.29) is 11.2 Å². The average Bonchev–Trinajstić information content (AvgIpc) is 2.76. The summed E-state index contributed by atoms with van der Waals surface area (Å²) in [6.45, 7) is 6.23. The van der Waals surface area contributed by atoms with Crippen molar-refractivity contribution in [3.63, 3.8) is 0 Å². The molecule has 0 N–H and O–H groups in total. The van der Waals surface area contributed by atoms with Crippen LogP contribution in [-0.2, 0) is 11.2 Å². The Balaban J connectivity index is 2.04. The third-order valence-electron chi connectivity index (χ3n) is 2.55. The van der Waals surface area contributed by atoms with Crippen LogP contribution in [0.4, 0.5) is 0 Å². The van der Waals surface area contributed by atoms with Crippen molar-refractivity contribution in [2.24, 2.45) is 5.41 Å². The first kappa shape index (κ1) is 13.9. The molecule has 0 bridgehead atoms. The maximum atomic E-state index is 11.9. The van der Waals surface area contributed by atoms with Crippen molar-refractivity contribution >= 4 is 17.1 Å². The standard InChI is InChI=1S/C15H18N2OS/c1-15(2,3)9-11(18)8-14-17-13(10-19-14)12-6-4-5-7-16-12/h4-7,10H,8-9H2,1-3H3. The predicted octanol–water partition coefficient (Wildman–Crippen LogP) is 3.75. The quantitative estimate of drug-likeness (QED) is 0.852. The van der Waals surface area contributed by atoms with Gasteiger partial charge < -0.3 is 0 Å². The van der Waals surface area contributed by atoms with E-state index in [2.05, 4.69) is 30.7 Å². The Kier molecular flexibility index (Phi) is 4.10. The van der Waals surface area contributed by atoms with Crippen LogP contribution in [0.5, 0.6) is 0 Å². The molecule has 0 saturated heterocycles. The minimum atomic E-state index is 0.0398. The highest BCUT2D eigenvalue weighted by atomic mass is 32.1. The lowest BCUT2D eigenvalue weighted by atomic mass is 9.89. The minimum absolute atomic E-state index is 0.0398. The lowest BCUT2D eigenvalue weighted by Crippen LogP contribution is -2.14. The zero-order valence-corrected chi connectivity index (χ0v) is 12.3. The third-order valence-corrected chi connectivity index (χ3v) is 3.40. The fourth-order valence-corrected chi connectivity index (χ4v) is 2.66. The summed E-state index contributed by atoms with van der Waals surface area (Å²) in [5.41, 5.74) is 1.75. The number of pyridine rings is 1. The molecular formula is C15H18N2OS. The second kappa shape index (κ2) is 5.61. The Morgan fingerprint density at radius 1 is 1.26 bits per heavy atom. The summed E-state index contributed by atoms with van der Waals surface area (Å²) in [6, 6.07) is 5.74. The first-order chi connectivity index (χ1) is 8.94. The molecule has 0 unspecified atom stereocenters. The van der Waals surface area contributed by atoms with Gasteiger partial charge >= 0.3 is 0 Å². The van der Waals surface area contributed by atoms with Crippen LogP contribution in [0.3, 0.4) is 0 Å². The van der Waals surface area contributed by atoms with Gasteiger partial charge in [-0.05, 0) is 17.5 Å². The molecule has 100 valence electrons. The van der Waals surface area contributed by atoms with Crippen LogP contribution in [-0.4, -0.2) is 15.8 Å². The van der Waals surface area contributed by atoms with Gasteiger partial charge in [0.05, 0.1) is 17.8 Å². The zero-order chi connectivity index (χ0) is 13.9. The Morgan fingerprint density at radius 2 is 2.05 bits per heavy atom. The maximum Gasteiger partial charge on any atom is 0.140 e. The Morgan fingerprint density at radius 3 is 2.68 bits per heavy atom. The molecule has 2 rings (SSSR count). The highest BCUT2D eigenvalue weighted by molar-refractivity contribution is 7.10. The van der Waals surface area contributed by atoms with Gasteiger partial charge in [0.1, 0.15) is 10.8 Å². The number of carbonyl (C=O) groups excluding carboxylic acids is 1. The molecule has 0 aliphatic rings. The molecule has 0 fully saturated rings. The summed E-state index contributed by atoms with van der Waals surface area (Å²) < 4.78 is 0. The minimum Gasteiger partial charge on any atom is -0.299 e. The molecule has 2 heterocycles. The van der Waals surface area contributed by atoms with Crippen LogP contribution in [0.2, 0.25) is 0 Å². The molecule has 0 atom stereocenters. The normalized spacial score (nSPS) is 11.5. The molecule has 3 nitrogen and oxygen atoms in total. The number of thiazole rings is 1. The molecule has 2 aromatic rings. The van der Waals surface area contributed by atoms with Crippen molar-refractivity contribution in [3.05, 3.63) is 34.8 Å². The lowest BCUT2D eigenvalue weighted by Gasteiger charge is -2.15. The molecule has 19 heavy (non-hydrogen) atoms. The smallest absolute Gasteiger partial charge is 0.140 e. The van der Waals surface area contributed by atoms with Gasteiger partial charge in [-0.1, -0.05) is 26.8 Å². The van der Waals surface area contributed by atoms with Crippen LogP contribution in [0.25, 0.3) is 11.4 Å². The first-order valence-electron chi connectivity index (χ1n) is 6.31. The monoisotopic (exact) mass is 274 g/mol. The van der Waals surface area contributed by atoms with E-state index >= 15 is 0 Å². The number of Topliss-reactive ketones (excluding diaryl/α,β-unsaturated/α-hetero) is 1. The van der Waals surface area contributed by atoms with Crippen LogP contribution < -0.4 is 0 Å². The van der Waals surface area contributed by atoms with Gasteiger partial charge in [-0.15, -0.1) is 11.3 Å². The summed E-state index contributed by atoms with van der Waals surface area (Å²) in [7, 11) is 0. The van der Waals surface area contributed by atoms with Crippen LogP contribution >= 0.6 is 11.3 Å². The van der Waals surface area contributed by atoms with Gasteiger partial charge in [0.25, 0.3) is 0 Å². The molecule has 0 aliphatic carbocycles.